The molecule has 0 unspecified atom stereocenters. The molecule has 22 heavy (non-hydrogen) atoms. The molecule has 0 amide bonds. The highest BCUT2D eigenvalue weighted by molar-refractivity contribution is 7.09. The van der Waals surface area contributed by atoms with Crippen molar-refractivity contribution in [2.24, 2.45) is 0 Å². The number of tetrazole rings is 1. The van der Waals surface area contributed by atoms with Crippen LogP contribution in [0, 0.1) is 0 Å². The summed E-state index contributed by atoms with van der Waals surface area (Å²) in [5.74, 6) is 0.983. The Balaban J connectivity index is 1.46. The number of rotatable bonds is 7. The summed E-state index contributed by atoms with van der Waals surface area (Å²) in [4.78, 5) is 3.80. The summed E-state index contributed by atoms with van der Waals surface area (Å²) >= 11 is 1.80. The van der Waals surface area contributed by atoms with Crippen LogP contribution in [0.4, 0.5) is 0 Å². The molecule has 1 atom stereocenters. The summed E-state index contributed by atoms with van der Waals surface area (Å²) in [5, 5.41) is 14.4. The normalized spacial score (nSPS) is 21.8. The highest BCUT2D eigenvalue weighted by Gasteiger charge is 2.29. The molecule has 1 saturated carbocycles. The summed E-state index contributed by atoms with van der Waals surface area (Å²) in [6, 6.07) is 4.83. The van der Waals surface area contributed by atoms with Crippen molar-refractivity contribution in [3.63, 3.8) is 0 Å². The molecule has 1 saturated heterocycles. The molecule has 3 heterocycles. The van der Waals surface area contributed by atoms with Crippen molar-refractivity contribution in [3.05, 3.63) is 28.2 Å². The van der Waals surface area contributed by atoms with Gasteiger partial charge in [0.25, 0.3) is 0 Å². The van der Waals surface area contributed by atoms with Gasteiger partial charge < -0.3 is 4.74 Å². The van der Waals surface area contributed by atoms with Crippen LogP contribution >= 0.6 is 11.3 Å². The predicted molar refractivity (Wildman–Crippen MR) is 83.5 cm³/mol. The van der Waals surface area contributed by atoms with Crippen LogP contribution in [0.3, 0.4) is 0 Å². The molecule has 2 fully saturated rings. The number of hydrogen-bond acceptors (Lipinski definition) is 6. The second-order valence-corrected chi connectivity index (χ2v) is 7.19. The Morgan fingerprint density at radius 1 is 1.32 bits per heavy atom. The van der Waals surface area contributed by atoms with Crippen LogP contribution in [0.25, 0.3) is 0 Å². The Bertz CT molecular complexity index is 589. The van der Waals surface area contributed by atoms with Gasteiger partial charge >= 0.3 is 0 Å². The van der Waals surface area contributed by atoms with Crippen molar-refractivity contribution in [1.82, 2.24) is 25.1 Å². The Hall–Kier alpha value is -1.31. The molecule has 1 aliphatic heterocycles. The van der Waals surface area contributed by atoms with E-state index in [0.29, 0.717) is 12.1 Å². The summed E-state index contributed by atoms with van der Waals surface area (Å²) < 4.78 is 7.83. The van der Waals surface area contributed by atoms with Crippen molar-refractivity contribution in [3.8, 4) is 0 Å². The fourth-order valence-electron chi connectivity index (χ4n) is 3.00. The number of ether oxygens (including phenoxy) is 1. The van der Waals surface area contributed by atoms with Crippen molar-refractivity contribution < 1.29 is 4.74 Å². The average molecular weight is 319 g/mol. The SMILES string of the molecule is c1csc(CN(Cc2nnnn2C2CC2)C[C@H]2CCCO2)c1. The summed E-state index contributed by atoms with van der Waals surface area (Å²) in [5.41, 5.74) is 0. The van der Waals surface area contributed by atoms with Gasteiger partial charge in [0.2, 0.25) is 0 Å². The van der Waals surface area contributed by atoms with E-state index in [4.69, 9.17) is 4.74 Å². The molecule has 0 radical (unpaired) electrons. The zero-order valence-electron chi connectivity index (χ0n) is 12.6. The molecule has 4 rings (SSSR count). The fraction of sp³-hybridized carbons (Fsp3) is 0.667. The molecular formula is C15H21N5OS. The third-order valence-corrected chi connectivity index (χ3v) is 5.13. The van der Waals surface area contributed by atoms with Crippen LogP contribution in [0.1, 0.15) is 42.4 Å². The highest BCUT2D eigenvalue weighted by atomic mass is 32.1. The fourth-order valence-corrected chi connectivity index (χ4v) is 3.75. The van der Waals surface area contributed by atoms with E-state index in [1.807, 2.05) is 4.68 Å². The lowest BCUT2D eigenvalue weighted by Gasteiger charge is -2.24. The zero-order valence-corrected chi connectivity index (χ0v) is 13.4. The maximum Gasteiger partial charge on any atom is 0.165 e. The Kier molecular flexibility index (Phi) is 4.18. The first-order valence-electron chi connectivity index (χ1n) is 8.01. The van der Waals surface area contributed by atoms with Crippen LogP contribution in [0.5, 0.6) is 0 Å². The average Bonchev–Trinajstić information content (AvgIpc) is 2.97. The molecule has 0 N–H and O–H groups in total. The van der Waals surface area contributed by atoms with Crippen LogP contribution in [0.2, 0.25) is 0 Å². The van der Waals surface area contributed by atoms with Crippen LogP contribution < -0.4 is 0 Å². The van der Waals surface area contributed by atoms with Crippen LogP contribution in [0.15, 0.2) is 17.5 Å². The molecule has 0 spiro atoms. The van der Waals surface area contributed by atoms with E-state index in [0.717, 1.165) is 38.5 Å². The number of nitrogens with zero attached hydrogens (tertiary/aromatic N) is 5. The minimum atomic E-state index is 0.352. The molecule has 7 heteroatoms. The molecule has 0 aromatic carbocycles. The Morgan fingerprint density at radius 3 is 3.00 bits per heavy atom. The monoisotopic (exact) mass is 319 g/mol. The Morgan fingerprint density at radius 2 is 2.27 bits per heavy atom. The molecule has 2 aromatic heterocycles. The van der Waals surface area contributed by atoms with Crippen molar-refractivity contribution in [2.45, 2.75) is 50.9 Å². The van der Waals surface area contributed by atoms with Crippen molar-refractivity contribution in [1.29, 1.82) is 0 Å². The van der Waals surface area contributed by atoms with Gasteiger partial charge in [0.1, 0.15) is 0 Å². The first-order chi connectivity index (χ1) is 10.9. The summed E-state index contributed by atoms with van der Waals surface area (Å²) in [7, 11) is 0. The van der Waals surface area contributed by atoms with E-state index in [1.165, 1.54) is 24.1 Å². The van der Waals surface area contributed by atoms with E-state index >= 15 is 0 Å². The van der Waals surface area contributed by atoms with Crippen LogP contribution in [-0.4, -0.2) is 44.4 Å². The molecule has 0 bridgehead atoms. The van der Waals surface area contributed by atoms with Gasteiger partial charge in [-0.2, -0.15) is 0 Å². The number of aromatic nitrogens is 4. The molecule has 118 valence electrons. The maximum atomic E-state index is 5.82. The molecule has 6 nitrogen and oxygen atoms in total. The lowest BCUT2D eigenvalue weighted by atomic mass is 10.2. The van der Waals surface area contributed by atoms with Crippen molar-refractivity contribution >= 4 is 11.3 Å². The zero-order chi connectivity index (χ0) is 14.8. The van der Waals surface area contributed by atoms with Gasteiger partial charge in [-0.15, -0.1) is 16.4 Å². The molecule has 2 aromatic rings. The minimum absolute atomic E-state index is 0.352. The topological polar surface area (TPSA) is 56.1 Å². The molecular weight excluding hydrogens is 298 g/mol. The number of hydrogen-bond donors (Lipinski definition) is 0. The maximum absolute atomic E-state index is 5.82. The third kappa shape index (κ3) is 3.37. The van der Waals surface area contributed by atoms with Gasteiger partial charge in [0.15, 0.2) is 5.82 Å². The minimum Gasteiger partial charge on any atom is -0.377 e. The lowest BCUT2D eigenvalue weighted by molar-refractivity contribution is 0.0668. The highest BCUT2D eigenvalue weighted by Crippen LogP contribution is 2.34. The van der Waals surface area contributed by atoms with E-state index in [2.05, 4.69) is 37.9 Å². The van der Waals surface area contributed by atoms with E-state index in [-0.39, 0.29) is 0 Å². The van der Waals surface area contributed by atoms with Gasteiger partial charge in [-0.1, -0.05) is 6.07 Å². The molecule has 1 aliphatic carbocycles. The van der Waals surface area contributed by atoms with Gasteiger partial charge in [-0.05, 0) is 47.6 Å². The lowest BCUT2D eigenvalue weighted by Crippen LogP contribution is -2.32. The van der Waals surface area contributed by atoms with E-state index in [9.17, 15) is 0 Å². The quantitative estimate of drug-likeness (QED) is 0.783. The Labute approximate surface area is 134 Å². The summed E-state index contributed by atoms with van der Waals surface area (Å²) in [6.45, 7) is 3.59. The molecule has 2 aliphatic rings. The third-order valence-electron chi connectivity index (χ3n) is 4.26. The standard InChI is InChI=1S/C15H21N5OS/c1-3-13(21-7-1)9-19(10-14-4-2-8-22-14)11-15-16-17-18-20(15)12-5-6-12/h2,4,8,12-13H,1,3,5-7,9-11H2/t13-/m1/s1. The van der Waals surface area contributed by atoms with Gasteiger partial charge in [-0.3, -0.25) is 4.90 Å². The van der Waals surface area contributed by atoms with Crippen LogP contribution in [-0.2, 0) is 17.8 Å². The second kappa shape index (κ2) is 6.44. The number of thiophene rings is 1. The van der Waals surface area contributed by atoms with Gasteiger partial charge in [-0.25, -0.2) is 4.68 Å². The van der Waals surface area contributed by atoms with E-state index < -0.39 is 0 Å². The largest absolute Gasteiger partial charge is 0.377 e. The van der Waals surface area contributed by atoms with E-state index in [1.54, 1.807) is 11.3 Å². The van der Waals surface area contributed by atoms with Gasteiger partial charge in [0.05, 0.1) is 18.7 Å². The van der Waals surface area contributed by atoms with Gasteiger partial charge in [0, 0.05) is 24.6 Å². The smallest absolute Gasteiger partial charge is 0.165 e. The predicted octanol–water partition coefficient (Wildman–Crippen LogP) is 2.25. The summed E-state index contributed by atoms with van der Waals surface area (Å²) in [6.07, 6.45) is 5.10. The van der Waals surface area contributed by atoms with Crippen molar-refractivity contribution in [2.75, 3.05) is 13.2 Å². The second-order valence-electron chi connectivity index (χ2n) is 6.15. The first kappa shape index (κ1) is 14.3. The first-order valence-corrected chi connectivity index (χ1v) is 8.89.